The topological polar surface area (TPSA) is 86.7 Å². The summed E-state index contributed by atoms with van der Waals surface area (Å²) in [5.74, 6) is -2.93. The van der Waals surface area contributed by atoms with Crippen molar-refractivity contribution in [3.8, 4) is 0 Å². The number of aliphatic carboxylic acids is 1. The molecule has 0 aromatic heterocycles. The van der Waals surface area contributed by atoms with Crippen LogP contribution in [0.15, 0.2) is 18.2 Å². The Hall–Kier alpha value is -2.15. The standard InChI is InChI=1S/C15H16ClFN2O4/c1-19-7-9(5-13(19)20)15(23)18-12(6-14(21)22)8-2-3-10(16)11(17)4-8/h2-4,9,12H,5-7H2,1H3,(H,18,23)(H,21,22). The predicted molar refractivity (Wildman–Crippen MR) is 80.3 cm³/mol. The van der Waals surface area contributed by atoms with E-state index in [1.165, 1.54) is 17.0 Å². The number of amides is 2. The van der Waals surface area contributed by atoms with Gasteiger partial charge in [0.05, 0.1) is 23.4 Å². The van der Waals surface area contributed by atoms with Gasteiger partial charge in [-0.3, -0.25) is 14.4 Å². The number of carboxylic acid groups (broad SMARTS) is 1. The molecule has 2 atom stereocenters. The maximum Gasteiger partial charge on any atom is 0.305 e. The fourth-order valence-electron chi connectivity index (χ4n) is 2.48. The van der Waals surface area contributed by atoms with Gasteiger partial charge >= 0.3 is 5.97 Å². The first-order valence-electron chi connectivity index (χ1n) is 6.99. The Balaban J connectivity index is 2.15. The molecule has 23 heavy (non-hydrogen) atoms. The number of likely N-dealkylation sites (tertiary alicyclic amines) is 1. The first kappa shape index (κ1) is 17.2. The molecular weight excluding hydrogens is 327 g/mol. The zero-order chi connectivity index (χ0) is 17.1. The molecule has 1 aromatic carbocycles. The molecule has 124 valence electrons. The summed E-state index contributed by atoms with van der Waals surface area (Å²) < 4.78 is 13.6. The Morgan fingerprint density at radius 3 is 2.74 bits per heavy atom. The first-order chi connectivity index (χ1) is 10.8. The van der Waals surface area contributed by atoms with Gasteiger partial charge in [0, 0.05) is 20.0 Å². The van der Waals surface area contributed by atoms with E-state index in [9.17, 15) is 18.8 Å². The summed E-state index contributed by atoms with van der Waals surface area (Å²) in [6.45, 7) is 0.277. The fourth-order valence-corrected chi connectivity index (χ4v) is 2.60. The molecule has 1 aliphatic heterocycles. The molecule has 0 spiro atoms. The highest BCUT2D eigenvalue weighted by Gasteiger charge is 2.33. The number of carboxylic acids is 1. The lowest BCUT2D eigenvalue weighted by molar-refractivity contribution is -0.138. The molecule has 1 saturated heterocycles. The van der Waals surface area contributed by atoms with E-state index >= 15 is 0 Å². The third-order valence-electron chi connectivity index (χ3n) is 3.75. The van der Waals surface area contributed by atoms with Crippen molar-refractivity contribution in [2.24, 2.45) is 5.92 Å². The summed E-state index contributed by atoms with van der Waals surface area (Å²) in [6, 6.07) is 2.97. The van der Waals surface area contributed by atoms with E-state index in [2.05, 4.69) is 5.32 Å². The van der Waals surface area contributed by atoms with Crippen LogP contribution in [0.4, 0.5) is 4.39 Å². The van der Waals surface area contributed by atoms with E-state index in [4.69, 9.17) is 16.7 Å². The Morgan fingerprint density at radius 1 is 1.52 bits per heavy atom. The van der Waals surface area contributed by atoms with E-state index in [1.54, 1.807) is 7.05 Å². The van der Waals surface area contributed by atoms with Crippen LogP contribution in [0.1, 0.15) is 24.4 Å². The molecule has 6 nitrogen and oxygen atoms in total. The zero-order valence-corrected chi connectivity index (χ0v) is 13.1. The third kappa shape index (κ3) is 4.19. The molecule has 2 rings (SSSR count). The highest BCUT2D eigenvalue weighted by molar-refractivity contribution is 6.30. The molecule has 0 radical (unpaired) electrons. The van der Waals surface area contributed by atoms with E-state index in [1.807, 2.05) is 0 Å². The summed E-state index contributed by atoms with van der Waals surface area (Å²) in [5.41, 5.74) is 0.306. The van der Waals surface area contributed by atoms with E-state index in [-0.39, 0.29) is 23.9 Å². The monoisotopic (exact) mass is 342 g/mol. The minimum Gasteiger partial charge on any atom is -0.481 e. The van der Waals surface area contributed by atoms with Crippen LogP contribution >= 0.6 is 11.6 Å². The lowest BCUT2D eigenvalue weighted by Crippen LogP contribution is -2.36. The van der Waals surface area contributed by atoms with Crippen molar-refractivity contribution < 1.29 is 23.9 Å². The highest BCUT2D eigenvalue weighted by atomic mass is 35.5. The van der Waals surface area contributed by atoms with Crippen LogP contribution in [0, 0.1) is 11.7 Å². The SMILES string of the molecule is CN1CC(C(=O)NC(CC(=O)O)c2ccc(Cl)c(F)c2)CC1=O. The summed E-state index contributed by atoms with van der Waals surface area (Å²) in [7, 11) is 1.60. The molecule has 2 N–H and O–H groups in total. The van der Waals surface area contributed by atoms with E-state index in [0.29, 0.717) is 5.56 Å². The number of benzene rings is 1. The van der Waals surface area contributed by atoms with E-state index < -0.39 is 36.1 Å². The largest absolute Gasteiger partial charge is 0.481 e. The fraction of sp³-hybridized carbons (Fsp3) is 0.400. The van der Waals surface area contributed by atoms with Crippen molar-refractivity contribution in [2.45, 2.75) is 18.9 Å². The molecule has 1 aliphatic rings. The zero-order valence-electron chi connectivity index (χ0n) is 12.4. The predicted octanol–water partition coefficient (Wildman–Crippen LogP) is 1.59. The molecule has 0 saturated carbocycles. The number of carbonyl (C=O) groups excluding carboxylic acids is 2. The molecule has 0 aliphatic carbocycles. The second-order valence-corrected chi connectivity index (χ2v) is 5.92. The number of carbonyl (C=O) groups is 3. The lowest BCUT2D eigenvalue weighted by Gasteiger charge is -2.20. The number of nitrogens with zero attached hydrogens (tertiary/aromatic N) is 1. The maximum atomic E-state index is 13.6. The second kappa shape index (κ2) is 6.95. The summed E-state index contributed by atoms with van der Waals surface area (Å²) in [6.07, 6.45) is -0.319. The minimum atomic E-state index is -1.13. The van der Waals surface area contributed by atoms with Gasteiger partial charge in [-0.1, -0.05) is 17.7 Å². The van der Waals surface area contributed by atoms with Crippen LogP contribution in [-0.4, -0.2) is 41.4 Å². The number of hydrogen-bond donors (Lipinski definition) is 2. The van der Waals surface area contributed by atoms with Crippen molar-refractivity contribution in [3.63, 3.8) is 0 Å². The maximum absolute atomic E-state index is 13.6. The summed E-state index contributed by atoms with van der Waals surface area (Å²) in [5, 5.41) is 11.5. The Bertz CT molecular complexity index is 652. The molecule has 1 heterocycles. The molecule has 8 heteroatoms. The van der Waals surface area contributed by atoms with Gasteiger partial charge < -0.3 is 15.3 Å². The second-order valence-electron chi connectivity index (χ2n) is 5.51. The van der Waals surface area contributed by atoms with Crippen molar-refractivity contribution in [1.82, 2.24) is 10.2 Å². The normalized spacial score (nSPS) is 18.8. The lowest BCUT2D eigenvalue weighted by atomic mass is 10.0. The molecule has 2 amide bonds. The van der Waals surface area contributed by atoms with Crippen LogP contribution in [0.2, 0.25) is 5.02 Å². The average Bonchev–Trinajstić information content (AvgIpc) is 2.80. The molecule has 2 unspecified atom stereocenters. The van der Waals surface area contributed by atoms with Crippen molar-refractivity contribution in [1.29, 1.82) is 0 Å². The van der Waals surface area contributed by atoms with Gasteiger partial charge in [0.2, 0.25) is 11.8 Å². The quantitative estimate of drug-likeness (QED) is 0.850. The number of rotatable bonds is 5. The van der Waals surface area contributed by atoms with Crippen LogP contribution in [0.5, 0.6) is 0 Å². The van der Waals surface area contributed by atoms with Crippen LogP contribution in [-0.2, 0) is 14.4 Å². The van der Waals surface area contributed by atoms with Gasteiger partial charge in [0.15, 0.2) is 0 Å². The molecule has 1 fully saturated rings. The molecule has 0 bridgehead atoms. The Labute approximate surface area is 137 Å². The van der Waals surface area contributed by atoms with Gasteiger partial charge in [0.25, 0.3) is 0 Å². The number of halogens is 2. The van der Waals surface area contributed by atoms with Gasteiger partial charge in [-0.2, -0.15) is 0 Å². The molecular formula is C15H16ClFN2O4. The molecule has 1 aromatic rings. The van der Waals surface area contributed by atoms with Crippen molar-refractivity contribution >= 4 is 29.4 Å². The number of nitrogens with one attached hydrogen (secondary N) is 1. The van der Waals surface area contributed by atoms with Gasteiger partial charge in [0.1, 0.15) is 5.82 Å². The summed E-state index contributed by atoms with van der Waals surface area (Å²) in [4.78, 5) is 36.2. The Kier molecular flexibility index (Phi) is 5.20. The van der Waals surface area contributed by atoms with Crippen molar-refractivity contribution in [3.05, 3.63) is 34.6 Å². The first-order valence-corrected chi connectivity index (χ1v) is 7.36. The minimum absolute atomic E-state index is 0.0805. The number of hydrogen-bond acceptors (Lipinski definition) is 3. The van der Waals surface area contributed by atoms with Gasteiger partial charge in [-0.15, -0.1) is 0 Å². The van der Waals surface area contributed by atoms with Crippen LogP contribution < -0.4 is 5.32 Å². The smallest absolute Gasteiger partial charge is 0.305 e. The van der Waals surface area contributed by atoms with Crippen molar-refractivity contribution in [2.75, 3.05) is 13.6 Å². The van der Waals surface area contributed by atoms with E-state index in [0.717, 1.165) is 6.07 Å². The summed E-state index contributed by atoms with van der Waals surface area (Å²) >= 11 is 5.61. The third-order valence-corrected chi connectivity index (χ3v) is 4.06. The highest BCUT2D eigenvalue weighted by Crippen LogP contribution is 2.24. The Morgan fingerprint density at radius 2 is 2.22 bits per heavy atom. The van der Waals surface area contributed by atoms with Gasteiger partial charge in [-0.05, 0) is 17.7 Å². The average molecular weight is 343 g/mol. The van der Waals surface area contributed by atoms with Crippen LogP contribution in [0.25, 0.3) is 0 Å². The van der Waals surface area contributed by atoms with Crippen LogP contribution in [0.3, 0.4) is 0 Å². The van der Waals surface area contributed by atoms with Gasteiger partial charge in [-0.25, -0.2) is 4.39 Å².